The summed E-state index contributed by atoms with van der Waals surface area (Å²) >= 11 is 1.32. The molecule has 8 heteroatoms. The fourth-order valence-corrected chi connectivity index (χ4v) is 5.67. The van der Waals surface area contributed by atoms with Crippen molar-refractivity contribution in [2.24, 2.45) is 0 Å². The summed E-state index contributed by atoms with van der Waals surface area (Å²) in [6.45, 7) is 5.44. The zero-order valence-electron chi connectivity index (χ0n) is 15.1. The Bertz CT molecular complexity index is 1240. The van der Waals surface area contributed by atoms with Crippen LogP contribution in [-0.2, 0) is 10.0 Å². The maximum absolute atomic E-state index is 13.0. The van der Waals surface area contributed by atoms with Crippen molar-refractivity contribution in [3.8, 4) is 5.69 Å². The van der Waals surface area contributed by atoms with Gasteiger partial charge in [-0.25, -0.2) is 18.1 Å². The highest BCUT2D eigenvalue weighted by molar-refractivity contribution is 7.93. The van der Waals surface area contributed by atoms with E-state index in [0.29, 0.717) is 16.5 Å². The van der Waals surface area contributed by atoms with Gasteiger partial charge in [-0.15, -0.1) is 0 Å². The fourth-order valence-electron chi connectivity index (χ4n) is 3.08. The van der Waals surface area contributed by atoms with Crippen LogP contribution >= 0.6 is 11.3 Å². The van der Waals surface area contributed by atoms with Crippen molar-refractivity contribution >= 4 is 36.7 Å². The molecule has 2 heterocycles. The summed E-state index contributed by atoms with van der Waals surface area (Å²) in [5, 5.41) is 4.77. The first kappa shape index (κ1) is 17.7. The zero-order valence-corrected chi connectivity index (χ0v) is 16.7. The first-order valence-electron chi connectivity index (χ1n) is 8.37. The van der Waals surface area contributed by atoms with E-state index in [1.807, 2.05) is 55.5 Å². The zero-order chi connectivity index (χ0) is 19.2. The van der Waals surface area contributed by atoms with E-state index in [1.165, 1.54) is 11.3 Å². The van der Waals surface area contributed by atoms with E-state index in [4.69, 9.17) is 0 Å². The van der Waals surface area contributed by atoms with Gasteiger partial charge in [-0.3, -0.25) is 4.72 Å². The minimum atomic E-state index is -3.81. The van der Waals surface area contributed by atoms with E-state index in [0.717, 1.165) is 21.5 Å². The van der Waals surface area contributed by atoms with Crippen LogP contribution in [0.4, 0.5) is 5.13 Å². The molecule has 4 rings (SSSR count). The summed E-state index contributed by atoms with van der Waals surface area (Å²) in [7, 11) is -3.81. The minimum absolute atomic E-state index is 0.182. The van der Waals surface area contributed by atoms with Gasteiger partial charge in [0.05, 0.1) is 27.3 Å². The summed E-state index contributed by atoms with van der Waals surface area (Å²) < 4.78 is 31.3. The molecule has 27 heavy (non-hydrogen) atoms. The van der Waals surface area contributed by atoms with Crippen molar-refractivity contribution in [3.05, 3.63) is 65.5 Å². The van der Waals surface area contributed by atoms with Crippen molar-refractivity contribution in [1.82, 2.24) is 14.8 Å². The normalized spacial score (nSPS) is 11.8. The van der Waals surface area contributed by atoms with Gasteiger partial charge in [-0.2, -0.15) is 5.10 Å². The van der Waals surface area contributed by atoms with Crippen LogP contribution in [0.15, 0.2) is 53.4 Å². The average molecular weight is 399 g/mol. The number of thiazole rings is 1. The van der Waals surface area contributed by atoms with Crippen LogP contribution in [0.25, 0.3) is 15.9 Å². The van der Waals surface area contributed by atoms with Crippen LogP contribution in [0, 0.1) is 20.8 Å². The summed E-state index contributed by atoms with van der Waals surface area (Å²) in [5.74, 6) is 0. The van der Waals surface area contributed by atoms with Gasteiger partial charge in [0, 0.05) is 0 Å². The number of benzene rings is 2. The van der Waals surface area contributed by atoms with Gasteiger partial charge in [0.15, 0.2) is 5.13 Å². The number of sulfonamides is 1. The molecule has 0 radical (unpaired) electrons. The van der Waals surface area contributed by atoms with E-state index in [1.54, 1.807) is 18.5 Å². The lowest BCUT2D eigenvalue weighted by Crippen LogP contribution is -2.14. The van der Waals surface area contributed by atoms with E-state index in [2.05, 4.69) is 14.8 Å². The number of nitrogens with one attached hydrogen (secondary N) is 1. The summed E-state index contributed by atoms with van der Waals surface area (Å²) in [6, 6.07) is 15.3. The third kappa shape index (κ3) is 3.22. The lowest BCUT2D eigenvalue weighted by molar-refractivity contribution is 0.600. The molecule has 0 aliphatic rings. The second-order valence-corrected chi connectivity index (χ2v) is 8.99. The molecule has 6 nitrogen and oxygen atoms in total. The predicted molar refractivity (Wildman–Crippen MR) is 108 cm³/mol. The summed E-state index contributed by atoms with van der Waals surface area (Å²) in [4.78, 5) is 4.57. The molecule has 0 amide bonds. The van der Waals surface area contributed by atoms with Crippen molar-refractivity contribution < 1.29 is 8.42 Å². The third-order valence-corrected chi connectivity index (χ3v) is 6.91. The van der Waals surface area contributed by atoms with E-state index >= 15 is 0 Å². The molecule has 0 aliphatic carbocycles. The number of aromatic nitrogens is 3. The Morgan fingerprint density at radius 1 is 1.04 bits per heavy atom. The smallest absolute Gasteiger partial charge is 0.254 e. The molecule has 0 spiro atoms. The Labute approximate surface area is 161 Å². The van der Waals surface area contributed by atoms with Crippen molar-refractivity contribution in [2.45, 2.75) is 25.7 Å². The van der Waals surface area contributed by atoms with Crippen molar-refractivity contribution in [2.75, 3.05) is 4.72 Å². The van der Waals surface area contributed by atoms with Crippen LogP contribution < -0.4 is 4.72 Å². The van der Waals surface area contributed by atoms with E-state index < -0.39 is 10.0 Å². The lowest BCUT2D eigenvalue weighted by atomic mass is 10.2. The number of rotatable bonds is 4. The van der Waals surface area contributed by atoms with E-state index in [9.17, 15) is 8.42 Å². The Morgan fingerprint density at radius 2 is 1.78 bits per heavy atom. The van der Waals surface area contributed by atoms with Crippen molar-refractivity contribution in [3.63, 3.8) is 0 Å². The monoisotopic (exact) mass is 398 g/mol. The number of fused-ring (bicyclic) bond motifs is 1. The standard InChI is InChI=1S/C19H18N4O2S2/c1-12-9-10-16-17(11-12)26-19(20-16)22-27(24,25)18-13(2)21-23(14(18)3)15-7-5-4-6-8-15/h4-11H,1-3H3,(H,20,22). The second kappa shape index (κ2) is 6.47. The predicted octanol–water partition coefficient (Wildman–Crippen LogP) is 4.21. The molecule has 0 fully saturated rings. The highest BCUT2D eigenvalue weighted by atomic mass is 32.2. The molecule has 4 aromatic rings. The number of hydrogen-bond acceptors (Lipinski definition) is 5. The van der Waals surface area contributed by atoms with Gasteiger partial charge in [0.1, 0.15) is 4.90 Å². The van der Waals surface area contributed by atoms with Gasteiger partial charge in [-0.1, -0.05) is 35.6 Å². The molecule has 0 saturated heterocycles. The fraction of sp³-hybridized carbons (Fsp3) is 0.158. The Morgan fingerprint density at radius 3 is 2.52 bits per heavy atom. The van der Waals surface area contributed by atoms with Crippen molar-refractivity contribution in [1.29, 1.82) is 0 Å². The second-order valence-electron chi connectivity index (χ2n) is 6.34. The molecule has 2 aromatic carbocycles. The summed E-state index contributed by atoms with van der Waals surface area (Å²) in [5.41, 5.74) is 3.70. The van der Waals surface area contributed by atoms with Gasteiger partial charge in [0.2, 0.25) is 0 Å². The van der Waals surface area contributed by atoms with Crippen LogP contribution in [0.3, 0.4) is 0 Å². The maximum atomic E-state index is 13.0. The Kier molecular flexibility index (Phi) is 4.24. The SMILES string of the molecule is Cc1ccc2nc(NS(=O)(=O)c3c(C)nn(-c4ccccc4)c3C)sc2c1. The minimum Gasteiger partial charge on any atom is -0.254 e. The molecule has 2 aromatic heterocycles. The maximum Gasteiger partial charge on any atom is 0.267 e. The molecule has 0 saturated carbocycles. The molecular weight excluding hydrogens is 380 g/mol. The molecule has 138 valence electrons. The first-order valence-corrected chi connectivity index (χ1v) is 10.7. The molecule has 0 unspecified atom stereocenters. The van der Waals surface area contributed by atoms with Gasteiger partial charge in [-0.05, 0) is 50.6 Å². The first-order chi connectivity index (χ1) is 12.8. The van der Waals surface area contributed by atoms with Crippen LogP contribution in [0.1, 0.15) is 17.0 Å². The number of hydrogen-bond donors (Lipinski definition) is 1. The van der Waals surface area contributed by atoms with Gasteiger partial charge in [0.25, 0.3) is 10.0 Å². The van der Waals surface area contributed by atoms with Crippen LogP contribution in [0.5, 0.6) is 0 Å². The van der Waals surface area contributed by atoms with Gasteiger partial charge < -0.3 is 0 Å². The van der Waals surface area contributed by atoms with Crippen LogP contribution in [-0.4, -0.2) is 23.2 Å². The molecule has 0 atom stereocenters. The Balaban J connectivity index is 1.74. The van der Waals surface area contributed by atoms with Gasteiger partial charge >= 0.3 is 0 Å². The topological polar surface area (TPSA) is 76.9 Å². The number of para-hydroxylation sites is 1. The number of nitrogens with zero attached hydrogens (tertiary/aromatic N) is 3. The molecule has 0 aliphatic heterocycles. The van der Waals surface area contributed by atoms with Crippen LogP contribution in [0.2, 0.25) is 0 Å². The Hall–Kier alpha value is -2.71. The third-order valence-electron chi connectivity index (χ3n) is 4.26. The number of anilines is 1. The lowest BCUT2D eigenvalue weighted by Gasteiger charge is -2.07. The average Bonchev–Trinajstić information content (AvgIpc) is 3.14. The molecule has 0 bridgehead atoms. The van der Waals surface area contributed by atoms with E-state index in [-0.39, 0.29) is 4.90 Å². The molecule has 1 N–H and O–H groups in total. The summed E-state index contributed by atoms with van der Waals surface area (Å²) in [6.07, 6.45) is 0. The molecular formula is C19H18N4O2S2. The number of aryl methyl sites for hydroxylation is 2. The largest absolute Gasteiger partial charge is 0.267 e. The highest BCUT2D eigenvalue weighted by Gasteiger charge is 2.26. The highest BCUT2D eigenvalue weighted by Crippen LogP contribution is 2.30. The quantitative estimate of drug-likeness (QED) is 0.559.